The van der Waals surface area contributed by atoms with Crippen LogP contribution in [0.5, 0.6) is 0 Å². The fourth-order valence-corrected chi connectivity index (χ4v) is 2.58. The van der Waals surface area contributed by atoms with Gasteiger partial charge in [0, 0.05) is 18.3 Å². The first-order valence-electron chi connectivity index (χ1n) is 7.06. The third-order valence-electron chi connectivity index (χ3n) is 3.76. The maximum Gasteiger partial charge on any atom is 0.238 e. The second-order valence-electron chi connectivity index (χ2n) is 5.10. The van der Waals surface area contributed by atoms with E-state index in [1.807, 2.05) is 24.3 Å². The molecule has 0 spiro atoms. The van der Waals surface area contributed by atoms with Crippen LogP contribution in [0.4, 0.5) is 5.69 Å². The highest BCUT2D eigenvalue weighted by molar-refractivity contribution is 5.92. The summed E-state index contributed by atoms with van der Waals surface area (Å²) in [6, 6.07) is 8.39. The molecule has 0 aliphatic carbocycles. The smallest absolute Gasteiger partial charge is 0.238 e. The quantitative estimate of drug-likeness (QED) is 0.846. The Kier molecular flexibility index (Phi) is 4.93. The second-order valence-corrected chi connectivity index (χ2v) is 5.10. The summed E-state index contributed by atoms with van der Waals surface area (Å²) in [6.45, 7) is 4.17. The molecule has 2 rings (SSSR count). The molecule has 4 heteroatoms. The van der Waals surface area contributed by atoms with Crippen LogP contribution in [0.25, 0.3) is 0 Å². The van der Waals surface area contributed by atoms with E-state index in [1.54, 1.807) is 0 Å². The second kappa shape index (κ2) is 6.68. The predicted molar refractivity (Wildman–Crippen MR) is 78.1 cm³/mol. The van der Waals surface area contributed by atoms with E-state index in [2.05, 4.69) is 17.1 Å². The molecule has 104 valence electrons. The number of nitrogens with zero attached hydrogens (tertiary/aromatic N) is 1. The third-order valence-corrected chi connectivity index (χ3v) is 3.76. The summed E-state index contributed by atoms with van der Waals surface area (Å²) < 4.78 is 0. The van der Waals surface area contributed by atoms with Crippen LogP contribution in [-0.2, 0) is 11.2 Å². The molecule has 1 fully saturated rings. The Hall–Kier alpha value is -1.39. The predicted octanol–water partition coefficient (Wildman–Crippen LogP) is 1.61. The summed E-state index contributed by atoms with van der Waals surface area (Å²) in [4.78, 5) is 14.2. The Bertz CT molecular complexity index is 416. The number of hydrogen-bond donors (Lipinski definition) is 2. The number of nitrogens with two attached hydrogens (primary N) is 1. The van der Waals surface area contributed by atoms with E-state index in [-0.39, 0.29) is 5.91 Å². The van der Waals surface area contributed by atoms with E-state index in [9.17, 15) is 4.79 Å². The minimum atomic E-state index is 0.0459. The number of aryl methyl sites for hydroxylation is 1. The molecule has 0 radical (unpaired) electrons. The van der Waals surface area contributed by atoms with Crippen molar-refractivity contribution in [3.8, 4) is 0 Å². The lowest BCUT2D eigenvalue weighted by molar-refractivity contribution is -0.117. The van der Waals surface area contributed by atoms with E-state index in [4.69, 9.17) is 5.73 Å². The van der Waals surface area contributed by atoms with E-state index in [0.29, 0.717) is 19.1 Å². The lowest BCUT2D eigenvalue weighted by Gasteiger charge is -2.22. The lowest BCUT2D eigenvalue weighted by atomic mass is 10.1. The monoisotopic (exact) mass is 261 g/mol. The molecule has 0 bridgehead atoms. The largest absolute Gasteiger partial charge is 0.329 e. The zero-order chi connectivity index (χ0) is 13.7. The van der Waals surface area contributed by atoms with Gasteiger partial charge >= 0.3 is 0 Å². The van der Waals surface area contributed by atoms with Crippen LogP contribution in [0.3, 0.4) is 0 Å². The van der Waals surface area contributed by atoms with Gasteiger partial charge in [-0.15, -0.1) is 0 Å². The molecule has 1 aromatic carbocycles. The average molecular weight is 261 g/mol. The molecule has 1 aliphatic rings. The maximum atomic E-state index is 12.0. The summed E-state index contributed by atoms with van der Waals surface area (Å²) in [5.41, 5.74) is 7.86. The number of carbonyl (C=O) groups excluding carboxylic acids is 1. The molecule has 0 aromatic heterocycles. The molecule has 1 aliphatic heterocycles. The topological polar surface area (TPSA) is 58.4 Å². The minimum absolute atomic E-state index is 0.0459. The summed E-state index contributed by atoms with van der Waals surface area (Å²) in [7, 11) is 0. The number of nitrogens with one attached hydrogen (secondary N) is 1. The van der Waals surface area contributed by atoms with Gasteiger partial charge in [-0.25, -0.2) is 0 Å². The molecular formula is C15H23N3O. The van der Waals surface area contributed by atoms with Crippen LogP contribution < -0.4 is 11.1 Å². The number of likely N-dealkylation sites (tertiary alicyclic amines) is 1. The number of benzene rings is 1. The Morgan fingerprint density at radius 2 is 2.16 bits per heavy atom. The summed E-state index contributed by atoms with van der Waals surface area (Å²) in [6.07, 6.45) is 3.26. The molecule has 0 saturated carbocycles. The Balaban J connectivity index is 1.86. The molecule has 4 nitrogen and oxygen atoms in total. The standard InChI is InChI=1S/C15H23N3O/c1-2-12-5-7-13(8-6-12)17-15(19)11-18-9-3-4-14(18)10-16/h5-8,14H,2-4,9-11,16H2,1H3,(H,17,19). The van der Waals surface area contributed by atoms with E-state index >= 15 is 0 Å². The highest BCUT2D eigenvalue weighted by atomic mass is 16.2. The Morgan fingerprint density at radius 1 is 1.42 bits per heavy atom. The van der Waals surface area contributed by atoms with Crippen molar-refractivity contribution in [3.05, 3.63) is 29.8 Å². The van der Waals surface area contributed by atoms with Crippen molar-refractivity contribution in [2.75, 3.05) is 25.0 Å². The van der Waals surface area contributed by atoms with Crippen molar-refractivity contribution in [2.24, 2.45) is 5.73 Å². The van der Waals surface area contributed by atoms with E-state index in [1.165, 1.54) is 5.56 Å². The summed E-state index contributed by atoms with van der Waals surface area (Å²) in [5, 5.41) is 2.94. The summed E-state index contributed by atoms with van der Waals surface area (Å²) >= 11 is 0. The minimum Gasteiger partial charge on any atom is -0.329 e. The van der Waals surface area contributed by atoms with Crippen LogP contribution in [0, 0.1) is 0 Å². The van der Waals surface area contributed by atoms with Gasteiger partial charge in [-0.05, 0) is 43.5 Å². The van der Waals surface area contributed by atoms with Crippen molar-refractivity contribution < 1.29 is 4.79 Å². The Morgan fingerprint density at radius 3 is 2.79 bits per heavy atom. The van der Waals surface area contributed by atoms with E-state index in [0.717, 1.165) is 31.5 Å². The molecule has 1 amide bonds. The van der Waals surface area contributed by atoms with E-state index < -0.39 is 0 Å². The fourth-order valence-electron chi connectivity index (χ4n) is 2.58. The van der Waals surface area contributed by atoms with Gasteiger partial charge in [0.15, 0.2) is 0 Å². The maximum absolute atomic E-state index is 12.0. The lowest BCUT2D eigenvalue weighted by Crippen LogP contribution is -2.40. The van der Waals surface area contributed by atoms with Gasteiger partial charge in [0.1, 0.15) is 0 Å². The van der Waals surface area contributed by atoms with Gasteiger partial charge < -0.3 is 11.1 Å². The first-order chi connectivity index (χ1) is 9.22. The molecule has 1 unspecified atom stereocenters. The van der Waals surface area contributed by atoms with Gasteiger partial charge in [-0.3, -0.25) is 9.69 Å². The van der Waals surface area contributed by atoms with Gasteiger partial charge in [-0.1, -0.05) is 19.1 Å². The number of carbonyl (C=O) groups is 1. The van der Waals surface area contributed by atoms with Gasteiger partial charge in [0.05, 0.1) is 6.54 Å². The SMILES string of the molecule is CCc1ccc(NC(=O)CN2CCCC2CN)cc1. The van der Waals surface area contributed by atoms with Crippen LogP contribution in [0.15, 0.2) is 24.3 Å². The molecule has 1 saturated heterocycles. The van der Waals surface area contributed by atoms with Crippen LogP contribution in [-0.4, -0.2) is 36.5 Å². The molecule has 1 aromatic rings. The first-order valence-corrected chi connectivity index (χ1v) is 7.06. The van der Waals surface area contributed by atoms with Crippen LogP contribution in [0.2, 0.25) is 0 Å². The van der Waals surface area contributed by atoms with Crippen molar-refractivity contribution in [2.45, 2.75) is 32.2 Å². The number of rotatable bonds is 5. The number of anilines is 1. The van der Waals surface area contributed by atoms with Crippen molar-refractivity contribution in [3.63, 3.8) is 0 Å². The van der Waals surface area contributed by atoms with Crippen LogP contribution >= 0.6 is 0 Å². The number of hydrogen-bond acceptors (Lipinski definition) is 3. The Labute approximate surface area is 115 Å². The molecule has 1 atom stereocenters. The first kappa shape index (κ1) is 14.0. The van der Waals surface area contributed by atoms with Crippen molar-refractivity contribution in [1.29, 1.82) is 0 Å². The molecule has 1 heterocycles. The average Bonchev–Trinajstić information content (AvgIpc) is 2.86. The molecule has 19 heavy (non-hydrogen) atoms. The third kappa shape index (κ3) is 3.78. The normalized spacial score (nSPS) is 19.6. The zero-order valence-corrected chi connectivity index (χ0v) is 11.6. The van der Waals surface area contributed by atoms with Gasteiger partial charge in [-0.2, -0.15) is 0 Å². The zero-order valence-electron chi connectivity index (χ0n) is 11.6. The van der Waals surface area contributed by atoms with Crippen molar-refractivity contribution >= 4 is 11.6 Å². The highest BCUT2D eigenvalue weighted by Gasteiger charge is 2.24. The molecular weight excluding hydrogens is 238 g/mol. The van der Waals surface area contributed by atoms with Crippen molar-refractivity contribution in [1.82, 2.24) is 4.90 Å². The molecule has 3 N–H and O–H groups in total. The van der Waals surface area contributed by atoms with Gasteiger partial charge in [0.2, 0.25) is 5.91 Å². The fraction of sp³-hybridized carbons (Fsp3) is 0.533. The van der Waals surface area contributed by atoms with Gasteiger partial charge in [0.25, 0.3) is 0 Å². The number of amides is 1. The highest BCUT2D eigenvalue weighted by Crippen LogP contribution is 2.16. The summed E-state index contributed by atoms with van der Waals surface area (Å²) in [5.74, 6) is 0.0459. The van der Waals surface area contributed by atoms with Crippen LogP contribution in [0.1, 0.15) is 25.3 Å².